The second-order valence-corrected chi connectivity index (χ2v) is 8.72. The fraction of sp³-hybridized carbons (Fsp3) is 0.389. The quantitative estimate of drug-likeness (QED) is 0.681. The molecule has 9 heteroatoms. The fourth-order valence-electron chi connectivity index (χ4n) is 3.05. The summed E-state index contributed by atoms with van der Waals surface area (Å²) in [4.78, 5) is 14.1. The Labute approximate surface area is 163 Å². The Bertz CT molecular complexity index is 902. The minimum absolute atomic E-state index is 0.0162. The van der Waals surface area contributed by atoms with Crippen molar-refractivity contribution in [2.24, 2.45) is 0 Å². The van der Waals surface area contributed by atoms with Crippen LogP contribution in [0.25, 0.3) is 0 Å². The van der Waals surface area contributed by atoms with Crippen molar-refractivity contribution in [2.45, 2.75) is 11.8 Å². The summed E-state index contributed by atoms with van der Waals surface area (Å²) >= 11 is 1.07. The Kier molecular flexibility index (Phi) is 6.03. The van der Waals surface area contributed by atoms with Gasteiger partial charge in [0.1, 0.15) is 15.5 Å². The SMILES string of the molecule is CCOc1ccccc1N1CCN(S(=O)(=O)c2ccsc2C(=O)OC)CC1. The van der Waals surface area contributed by atoms with Crippen LogP contribution in [0, 0.1) is 0 Å². The van der Waals surface area contributed by atoms with Crippen LogP contribution in [0.5, 0.6) is 5.75 Å². The van der Waals surface area contributed by atoms with Crippen molar-refractivity contribution in [3.63, 3.8) is 0 Å². The zero-order valence-electron chi connectivity index (χ0n) is 15.3. The maximum Gasteiger partial charge on any atom is 0.349 e. The molecule has 0 amide bonds. The number of nitrogens with zero attached hydrogens (tertiary/aromatic N) is 2. The Morgan fingerprint density at radius 2 is 1.85 bits per heavy atom. The molecule has 1 aromatic carbocycles. The van der Waals surface area contributed by atoms with Gasteiger partial charge in [-0.05, 0) is 30.5 Å². The first-order valence-electron chi connectivity index (χ1n) is 8.61. The van der Waals surface area contributed by atoms with Crippen LogP contribution >= 0.6 is 11.3 Å². The molecule has 1 aromatic heterocycles. The molecule has 0 unspecified atom stereocenters. The summed E-state index contributed by atoms with van der Waals surface area (Å²) in [6.45, 7) is 4.25. The van der Waals surface area contributed by atoms with Crippen LogP contribution < -0.4 is 9.64 Å². The Morgan fingerprint density at radius 1 is 1.15 bits per heavy atom. The summed E-state index contributed by atoms with van der Waals surface area (Å²) < 4.78 is 37.8. The minimum atomic E-state index is -3.75. The van der Waals surface area contributed by atoms with E-state index in [0.717, 1.165) is 22.8 Å². The van der Waals surface area contributed by atoms with Gasteiger partial charge in [-0.2, -0.15) is 4.31 Å². The molecule has 1 aliphatic rings. The van der Waals surface area contributed by atoms with E-state index in [-0.39, 0.29) is 9.77 Å². The zero-order chi connectivity index (χ0) is 19.4. The van der Waals surface area contributed by atoms with Gasteiger partial charge in [0.25, 0.3) is 0 Å². The summed E-state index contributed by atoms with van der Waals surface area (Å²) in [5.41, 5.74) is 0.960. The molecule has 0 bridgehead atoms. The molecule has 0 aliphatic carbocycles. The lowest BCUT2D eigenvalue weighted by Crippen LogP contribution is -2.48. The highest BCUT2D eigenvalue weighted by Gasteiger charge is 2.33. The van der Waals surface area contributed by atoms with E-state index in [1.807, 2.05) is 31.2 Å². The second kappa shape index (κ2) is 8.28. The number of benzene rings is 1. The number of carbonyl (C=O) groups is 1. The van der Waals surface area contributed by atoms with Gasteiger partial charge >= 0.3 is 5.97 Å². The number of thiophene rings is 1. The van der Waals surface area contributed by atoms with E-state index in [2.05, 4.69) is 4.90 Å². The highest BCUT2D eigenvalue weighted by molar-refractivity contribution is 7.89. The first kappa shape index (κ1) is 19.7. The van der Waals surface area contributed by atoms with Crippen molar-refractivity contribution in [1.82, 2.24) is 4.31 Å². The average Bonchev–Trinajstić information content (AvgIpc) is 3.19. The summed E-state index contributed by atoms with van der Waals surface area (Å²) in [6.07, 6.45) is 0. The van der Waals surface area contributed by atoms with E-state index in [0.29, 0.717) is 32.8 Å². The third-order valence-electron chi connectivity index (χ3n) is 4.36. The largest absolute Gasteiger partial charge is 0.492 e. The number of rotatable bonds is 6. The van der Waals surface area contributed by atoms with Gasteiger partial charge in [-0.15, -0.1) is 11.3 Å². The van der Waals surface area contributed by atoms with Crippen LogP contribution in [-0.2, 0) is 14.8 Å². The summed E-state index contributed by atoms with van der Waals surface area (Å²) in [6, 6.07) is 9.21. The second-order valence-electron chi connectivity index (χ2n) is 5.90. The number of para-hydroxylation sites is 2. The van der Waals surface area contributed by atoms with Crippen LogP contribution in [-0.4, -0.2) is 58.6 Å². The summed E-state index contributed by atoms with van der Waals surface area (Å²) in [5.74, 6) is 0.162. The number of esters is 1. The van der Waals surface area contributed by atoms with E-state index in [4.69, 9.17) is 9.47 Å². The lowest BCUT2D eigenvalue weighted by atomic mass is 10.2. The molecular weight excluding hydrogens is 388 g/mol. The van der Waals surface area contributed by atoms with E-state index >= 15 is 0 Å². The van der Waals surface area contributed by atoms with Gasteiger partial charge < -0.3 is 14.4 Å². The molecule has 1 fully saturated rings. The van der Waals surface area contributed by atoms with E-state index in [1.165, 1.54) is 17.5 Å². The predicted molar refractivity (Wildman–Crippen MR) is 104 cm³/mol. The van der Waals surface area contributed by atoms with Crippen LogP contribution in [0.1, 0.15) is 16.6 Å². The highest BCUT2D eigenvalue weighted by Crippen LogP contribution is 2.31. The molecule has 0 atom stereocenters. The van der Waals surface area contributed by atoms with Crippen molar-refractivity contribution < 1.29 is 22.7 Å². The smallest absolute Gasteiger partial charge is 0.349 e. The molecule has 27 heavy (non-hydrogen) atoms. The van der Waals surface area contributed by atoms with Gasteiger partial charge in [0.05, 0.1) is 19.4 Å². The Hall–Kier alpha value is -2.10. The van der Waals surface area contributed by atoms with E-state index < -0.39 is 16.0 Å². The number of sulfonamides is 1. The lowest BCUT2D eigenvalue weighted by molar-refractivity contribution is 0.0602. The topological polar surface area (TPSA) is 76.2 Å². The maximum absolute atomic E-state index is 13.0. The van der Waals surface area contributed by atoms with Crippen LogP contribution in [0.2, 0.25) is 0 Å². The number of anilines is 1. The van der Waals surface area contributed by atoms with Gasteiger partial charge in [0.2, 0.25) is 10.0 Å². The van der Waals surface area contributed by atoms with Crippen molar-refractivity contribution in [1.29, 1.82) is 0 Å². The Morgan fingerprint density at radius 3 is 2.52 bits per heavy atom. The lowest BCUT2D eigenvalue weighted by Gasteiger charge is -2.36. The molecule has 0 N–H and O–H groups in total. The summed E-state index contributed by atoms with van der Waals surface area (Å²) in [5, 5.41) is 1.59. The zero-order valence-corrected chi connectivity index (χ0v) is 16.9. The third kappa shape index (κ3) is 3.95. The predicted octanol–water partition coefficient (Wildman–Crippen LogP) is 2.44. The molecule has 7 nitrogen and oxygen atoms in total. The molecule has 2 heterocycles. The number of piperazine rings is 1. The van der Waals surface area contributed by atoms with Gasteiger partial charge in [-0.3, -0.25) is 0 Å². The minimum Gasteiger partial charge on any atom is -0.492 e. The van der Waals surface area contributed by atoms with Crippen molar-refractivity contribution in [3.8, 4) is 5.75 Å². The van der Waals surface area contributed by atoms with Gasteiger partial charge in [0.15, 0.2) is 0 Å². The summed E-state index contributed by atoms with van der Waals surface area (Å²) in [7, 11) is -2.50. The highest BCUT2D eigenvalue weighted by atomic mass is 32.2. The number of carbonyl (C=O) groups excluding carboxylic acids is 1. The molecule has 146 valence electrons. The van der Waals surface area contributed by atoms with Gasteiger partial charge in [-0.1, -0.05) is 12.1 Å². The molecule has 1 saturated heterocycles. The number of methoxy groups -OCH3 is 1. The normalized spacial score (nSPS) is 15.6. The molecule has 3 rings (SSSR count). The molecular formula is C18H22N2O5S2. The van der Waals surface area contributed by atoms with Gasteiger partial charge in [-0.25, -0.2) is 13.2 Å². The maximum atomic E-state index is 13.0. The standard InChI is InChI=1S/C18H22N2O5S2/c1-3-25-15-7-5-4-6-14(15)19-9-11-20(12-10-19)27(22,23)16-8-13-26-17(16)18(21)24-2/h4-8,13H,3,9-12H2,1-2H3. The van der Waals surface area contributed by atoms with Crippen molar-refractivity contribution in [3.05, 3.63) is 40.6 Å². The number of ether oxygens (including phenoxy) is 2. The third-order valence-corrected chi connectivity index (χ3v) is 7.33. The van der Waals surface area contributed by atoms with Gasteiger partial charge in [0, 0.05) is 26.2 Å². The fourth-order valence-corrected chi connectivity index (χ4v) is 5.78. The monoisotopic (exact) mass is 410 g/mol. The van der Waals surface area contributed by atoms with Crippen LogP contribution in [0.15, 0.2) is 40.6 Å². The van der Waals surface area contributed by atoms with Crippen molar-refractivity contribution >= 4 is 33.0 Å². The Balaban J connectivity index is 1.76. The molecule has 1 aliphatic heterocycles. The van der Waals surface area contributed by atoms with E-state index in [9.17, 15) is 13.2 Å². The van der Waals surface area contributed by atoms with Crippen molar-refractivity contribution in [2.75, 3.05) is 44.8 Å². The van der Waals surface area contributed by atoms with E-state index in [1.54, 1.807) is 5.38 Å². The average molecular weight is 411 g/mol. The first-order valence-corrected chi connectivity index (χ1v) is 10.9. The van der Waals surface area contributed by atoms with Crippen LogP contribution in [0.3, 0.4) is 0 Å². The molecule has 0 saturated carbocycles. The first-order chi connectivity index (χ1) is 13.0. The molecule has 0 radical (unpaired) electrons. The van der Waals surface area contributed by atoms with Crippen LogP contribution in [0.4, 0.5) is 5.69 Å². The number of hydrogen-bond acceptors (Lipinski definition) is 7. The number of hydrogen-bond donors (Lipinski definition) is 0. The molecule has 2 aromatic rings. The molecule has 0 spiro atoms.